The monoisotopic (exact) mass is 512 g/mol. The van der Waals surface area contributed by atoms with Crippen molar-refractivity contribution in [2.75, 3.05) is 6.61 Å². The minimum atomic E-state index is -0.967. The summed E-state index contributed by atoms with van der Waals surface area (Å²) in [5.74, 6) is -1.63. The third kappa shape index (κ3) is 6.22. The molecule has 2 heterocycles. The fourth-order valence-corrected chi connectivity index (χ4v) is 5.53. The molecule has 1 aliphatic rings. The molecule has 4 atom stereocenters. The van der Waals surface area contributed by atoms with E-state index in [-0.39, 0.29) is 18.8 Å². The minimum Gasteiger partial charge on any atom is -0.508 e. The molecular formula is C27H28O8S. The number of esters is 3. The molecule has 9 heteroatoms. The van der Waals surface area contributed by atoms with Gasteiger partial charge in [-0.1, -0.05) is 24.3 Å². The van der Waals surface area contributed by atoms with Gasteiger partial charge in [-0.3, -0.25) is 14.4 Å². The van der Waals surface area contributed by atoms with Crippen molar-refractivity contribution in [1.82, 2.24) is 0 Å². The van der Waals surface area contributed by atoms with Crippen molar-refractivity contribution in [2.24, 2.45) is 0 Å². The molecular weight excluding hydrogens is 484 g/mol. The first-order valence-corrected chi connectivity index (χ1v) is 12.4. The molecule has 36 heavy (non-hydrogen) atoms. The Morgan fingerprint density at radius 2 is 1.75 bits per heavy atom. The van der Waals surface area contributed by atoms with Crippen LogP contribution in [0.2, 0.25) is 0 Å². The number of benzene rings is 2. The van der Waals surface area contributed by atoms with E-state index in [1.54, 1.807) is 17.4 Å². The molecule has 0 saturated carbocycles. The van der Waals surface area contributed by atoms with E-state index < -0.39 is 42.3 Å². The molecule has 1 aromatic heterocycles. The lowest BCUT2D eigenvalue weighted by Gasteiger charge is -2.40. The first kappa shape index (κ1) is 25.7. The fraction of sp³-hybridized carbons (Fsp3) is 0.370. The van der Waals surface area contributed by atoms with Crippen LogP contribution in [0.5, 0.6) is 5.75 Å². The second kappa shape index (κ2) is 11.1. The van der Waals surface area contributed by atoms with E-state index >= 15 is 0 Å². The first-order valence-electron chi connectivity index (χ1n) is 11.6. The van der Waals surface area contributed by atoms with Crippen molar-refractivity contribution in [3.63, 3.8) is 0 Å². The zero-order valence-electron chi connectivity index (χ0n) is 20.3. The lowest BCUT2D eigenvalue weighted by molar-refractivity contribution is -0.216. The Morgan fingerprint density at radius 1 is 1.00 bits per heavy atom. The average molecular weight is 513 g/mol. The summed E-state index contributed by atoms with van der Waals surface area (Å²) in [5, 5.41) is 11.9. The van der Waals surface area contributed by atoms with Gasteiger partial charge in [-0.2, -0.15) is 0 Å². The predicted molar refractivity (Wildman–Crippen MR) is 133 cm³/mol. The van der Waals surface area contributed by atoms with Gasteiger partial charge in [-0.25, -0.2) is 0 Å². The maximum atomic E-state index is 11.8. The Kier molecular flexibility index (Phi) is 7.91. The van der Waals surface area contributed by atoms with Crippen LogP contribution >= 0.6 is 11.3 Å². The van der Waals surface area contributed by atoms with Crippen molar-refractivity contribution in [3.8, 4) is 5.75 Å². The van der Waals surface area contributed by atoms with Crippen molar-refractivity contribution in [3.05, 3.63) is 64.5 Å². The van der Waals surface area contributed by atoms with Crippen LogP contribution in [0.15, 0.2) is 48.5 Å². The summed E-state index contributed by atoms with van der Waals surface area (Å²) in [6, 6.07) is 15.7. The number of hydrogen-bond donors (Lipinski definition) is 1. The lowest BCUT2D eigenvalue weighted by atomic mass is 9.92. The zero-order valence-corrected chi connectivity index (χ0v) is 21.1. The van der Waals surface area contributed by atoms with Crippen LogP contribution in [-0.2, 0) is 39.8 Å². The fourth-order valence-electron chi connectivity index (χ4n) is 4.43. The molecule has 3 unspecified atom stereocenters. The van der Waals surface area contributed by atoms with E-state index in [1.807, 2.05) is 24.3 Å². The normalized spacial score (nSPS) is 21.6. The van der Waals surface area contributed by atoms with Crippen LogP contribution in [0, 0.1) is 0 Å². The quantitative estimate of drug-likeness (QED) is 0.365. The number of rotatable bonds is 7. The number of phenolic OH excluding ortho intramolecular Hbond substituents is 1. The van der Waals surface area contributed by atoms with Gasteiger partial charge in [-0.15, -0.1) is 11.3 Å². The van der Waals surface area contributed by atoms with E-state index in [0.29, 0.717) is 12.0 Å². The SMILES string of the molecule is CC(=O)OCC1OC(c2cc(Cc3cc4ccccc4s3)ccc2O)CC(OC(C)=O)[C@@H]1OC(C)=O. The Morgan fingerprint density at radius 3 is 2.44 bits per heavy atom. The highest BCUT2D eigenvalue weighted by Gasteiger charge is 2.44. The van der Waals surface area contributed by atoms with Crippen LogP contribution in [-0.4, -0.2) is 47.9 Å². The third-order valence-corrected chi connectivity index (χ3v) is 7.00. The van der Waals surface area contributed by atoms with Gasteiger partial charge in [0.2, 0.25) is 0 Å². The number of fused-ring (bicyclic) bond motifs is 1. The third-order valence-electron chi connectivity index (χ3n) is 5.88. The molecule has 0 aliphatic carbocycles. The zero-order chi connectivity index (χ0) is 25.8. The maximum absolute atomic E-state index is 11.8. The van der Waals surface area contributed by atoms with Gasteiger partial charge in [0.05, 0.1) is 6.10 Å². The van der Waals surface area contributed by atoms with Crippen LogP contribution in [0.25, 0.3) is 10.1 Å². The van der Waals surface area contributed by atoms with E-state index in [4.69, 9.17) is 18.9 Å². The molecule has 3 aromatic rings. The van der Waals surface area contributed by atoms with Crippen LogP contribution in [0.4, 0.5) is 0 Å². The summed E-state index contributed by atoms with van der Waals surface area (Å²) < 4.78 is 23.4. The second-order valence-electron chi connectivity index (χ2n) is 8.74. The Balaban J connectivity index is 1.62. The average Bonchev–Trinajstić information content (AvgIpc) is 3.22. The number of phenols is 1. The van der Waals surface area contributed by atoms with E-state index in [2.05, 4.69) is 18.2 Å². The maximum Gasteiger partial charge on any atom is 0.303 e. The number of carbonyl (C=O) groups is 3. The molecule has 4 rings (SSSR count). The first-order chi connectivity index (χ1) is 17.2. The molecule has 0 amide bonds. The minimum absolute atomic E-state index is 0.0267. The van der Waals surface area contributed by atoms with Crippen molar-refractivity contribution in [2.45, 2.75) is 58.0 Å². The number of ether oxygens (including phenoxy) is 4. The summed E-state index contributed by atoms with van der Waals surface area (Å²) in [5.41, 5.74) is 1.49. The predicted octanol–water partition coefficient (Wildman–Crippen LogP) is 4.45. The van der Waals surface area contributed by atoms with E-state index in [1.165, 1.54) is 35.7 Å². The van der Waals surface area contributed by atoms with Gasteiger partial charge in [-0.05, 0) is 35.2 Å². The Hall–Kier alpha value is -3.43. The van der Waals surface area contributed by atoms with Gasteiger partial charge in [0.15, 0.2) is 6.10 Å². The van der Waals surface area contributed by atoms with Crippen LogP contribution < -0.4 is 0 Å². The number of carbonyl (C=O) groups excluding carboxylic acids is 3. The summed E-state index contributed by atoms with van der Waals surface area (Å²) >= 11 is 1.71. The largest absolute Gasteiger partial charge is 0.508 e. The molecule has 1 N–H and O–H groups in total. The highest BCUT2D eigenvalue weighted by Crippen LogP contribution is 2.39. The van der Waals surface area contributed by atoms with Gasteiger partial charge >= 0.3 is 17.9 Å². The number of thiophene rings is 1. The summed E-state index contributed by atoms with van der Waals surface area (Å²) in [6.45, 7) is 3.56. The molecule has 1 aliphatic heterocycles. The standard InChI is InChI=1S/C27H28O8S/c1-15(28)32-14-25-27(34-17(3)30)24(33-16(2)29)13-23(35-25)21-11-18(8-9-22(21)31)10-20-12-19-6-4-5-7-26(19)36-20/h4-9,11-12,23-25,27,31H,10,13-14H2,1-3H3/t23?,24?,25?,27-/m0/s1. The molecule has 1 saturated heterocycles. The van der Waals surface area contributed by atoms with Crippen molar-refractivity contribution < 1.29 is 38.4 Å². The number of aromatic hydroxyl groups is 1. The van der Waals surface area contributed by atoms with Gasteiger partial charge < -0.3 is 24.1 Å². The van der Waals surface area contributed by atoms with Gasteiger partial charge in [0.25, 0.3) is 0 Å². The van der Waals surface area contributed by atoms with Crippen molar-refractivity contribution >= 4 is 39.3 Å². The summed E-state index contributed by atoms with van der Waals surface area (Å²) in [7, 11) is 0. The Labute approximate surface area is 212 Å². The van der Waals surface area contributed by atoms with Crippen LogP contribution in [0.1, 0.15) is 49.3 Å². The molecule has 0 radical (unpaired) electrons. The molecule has 2 aromatic carbocycles. The summed E-state index contributed by atoms with van der Waals surface area (Å²) in [6.07, 6.45) is -2.59. The molecule has 190 valence electrons. The van der Waals surface area contributed by atoms with E-state index in [0.717, 1.165) is 5.56 Å². The topological polar surface area (TPSA) is 108 Å². The summed E-state index contributed by atoms with van der Waals surface area (Å²) in [4.78, 5) is 36.2. The molecule has 0 bridgehead atoms. The van der Waals surface area contributed by atoms with Gasteiger partial charge in [0, 0.05) is 48.8 Å². The van der Waals surface area contributed by atoms with Gasteiger partial charge in [0.1, 0.15) is 24.6 Å². The molecule has 1 fully saturated rings. The Bertz CT molecular complexity index is 1230. The highest BCUT2D eigenvalue weighted by molar-refractivity contribution is 7.19. The molecule has 8 nitrogen and oxygen atoms in total. The smallest absolute Gasteiger partial charge is 0.303 e. The lowest BCUT2D eigenvalue weighted by Crippen LogP contribution is -2.51. The molecule has 0 spiro atoms. The second-order valence-corrected chi connectivity index (χ2v) is 9.91. The number of hydrogen-bond acceptors (Lipinski definition) is 9. The van der Waals surface area contributed by atoms with Crippen LogP contribution in [0.3, 0.4) is 0 Å². The highest BCUT2D eigenvalue weighted by atomic mass is 32.1. The van der Waals surface area contributed by atoms with Crippen molar-refractivity contribution in [1.29, 1.82) is 0 Å². The van der Waals surface area contributed by atoms with E-state index in [9.17, 15) is 19.5 Å².